The lowest BCUT2D eigenvalue weighted by Crippen LogP contribution is -2.81. The molecule has 0 aliphatic carbocycles. The smallest absolute Gasteiger partial charge is 0.222 e. The van der Waals surface area contributed by atoms with Crippen LogP contribution in [0.5, 0.6) is 0 Å². The number of hydrogen-bond donors (Lipinski definition) is 5. The van der Waals surface area contributed by atoms with Crippen molar-refractivity contribution < 1.29 is 49.5 Å². The van der Waals surface area contributed by atoms with Crippen LogP contribution in [0.15, 0.2) is 121 Å². The number of hydrogen-bond acceptors (Lipinski definition) is 10. The maximum Gasteiger partial charge on any atom is 0.222 e. The summed E-state index contributed by atoms with van der Waals surface area (Å²) >= 11 is 0. The van der Waals surface area contributed by atoms with Crippen LogP contribution in [0.3, 0.4) is 0 Å². The van der Waals surface area contributed by atoms with Crippen LogP contribution in [0.25, 0.3) is 0 Å². The molecule has 0 heterocycles. The Labute approximate surface area is 251 Å². The molecule has 0 amide bonds. The van der Waals surface area contributed by atoms with Gasteiger partial charge in [-0.3, -0.25) is 24.0 Å². The van der Waals surface area contributed by atoms with E-state index in [0.717, 1.165) is 36.4 Å². The van der Waals surface area contributed by atoms with Crippen LogP contribution < -0.4 is 0 Å². The van der Waals surface area contributed by atoms with Crippen LogP contribution in [-0.4, -0.2) is 84.0 Å². The Balaban J connectivity index is 2.07. The lowest BCUT2D eigenvalue weighted by atomic mass is 9.60. The first-order chi connectivity index (χ1) is 20.9. The van der Waals surface area contributed by atoms with Crippen molar-refractivity contribution in [3.05, 3.63) is 144 Å². The van der Waals surface area contributed by atoms with Gasteiger partial charge in [0.05, 0.1) is 0 Å². The van der Waals surface area contributed by atoms with E-state index in [0.29, 0.717) is 0 Å². The zero-order valence-corrected chi connectivity index (χ0v) is 23.1. The van der Waals surface area contributed by atoms with Gasteiger partial charge < -0.3 is 25.5 Å². The number of rotatable bonds is 13. The summed E-state index contributed by atoms with van der Waals surface area (Å²) < 4.78 is 0. The highest BCUT2D eigenvalue weighted by Gasteiger charge is 2.75. The molecule has 4 aromatic rings. The number of carbonyl (C=O) groups excluding carboxylic acids is 5. The van der Waals surface area contributed by atoms with E-state index in [9.17, 15) is 49.5 Å². The number of carbonyl (C=O) groups is 5. The van der Waals surface area contributed by atoms with Gasteiger partial charge in [-0.25, -0.2) is 0 Å². The van der Waals surface area contributed by atoms with E-state index < -0.39 is 75.1 Å². The Morgan fingerprint density at radius 3 is 1.25 bits per heavy atom. The molecule has 0 bridgehead atoms. The largest absolute Gasteiger partial charge is 0.386 e. The third-order valence-electron chi connectivity index (χ3n) is 7.46. The molecule has 4 aromatic carbocycles. The van der Waals surface area contributed by atoms with Gasteiger partial charge in [0, 0.05) is 22.3 Å². The molecule has 0 radical (unpaired) electrons. The second-order valence-electron chi connectivity index (χ2n) is 10.1. The first-order valence-electron chi connectivity index (χ1n) is 13.3. The van der Waals surface area contributed by atoms with Crippen molar-refractivity contribution in [1.29, 1.82) is 0 Å². The van der Waals surface area contributed by atoms with Crippen LogP contribution in [0.2, 0.25) is 0 Å². The summed E-state index contributed by atoms with van der Waals surface area (Å²) in [6.45, 7) is 0. The van der Waals surface area contributed by atoms with Crippen molar-refractivity contribution in [3.63, 3.8) is 0 Å². The molecular formula is C34H28O10. The minimum absolute atomic E-state index is 0.197. The predicted molar refractivity (Wildman–Crippen MR) is 156 cm³/mol. The monoisotopic (exact) mass is 596 g/mol. The Kier molecular flexibility index (Phi) is 9.24. The lowest BCUT2D eigenvalue weighted by molar-refractivity contribution is -0.215. The number of aliphatic hydroxyl groups is 5. The molecule has 0 saturated carbocycles. The Morgan fingerprint density at radius 1 is 0.523 bits per heavy atom. The predicted octanol–water partition coefficient (Wildman–Crippen LogP) is 1.63. The van der Waals surface area contributed by atoms with E-state index in [4.69, 9.17) is 0 Å². The quantitative estimate of drug-likeness (QED) is 0.0863. The molecule has 5 N–H and O–H groups in total. The highest BCUT2D eigenvalue weighted by Crippen LogP contribution is 2.43. The molecule has 0 fully saturated rings. The number of Topliss-reactive ketones (excluding diaryl/α,β-unsaturated/α-hetero) is 4. The van der Waals surface area contributed by atoms with E-state index >= 15 is 0 Å². The van der Waals surface area contributed by atoms with Crippen molar-refractivity contribution in [1.82, 2.24) is 0 Å². The minimum atomic E-state index is -4.25. The summed E-state index contributed by atoms with van der Waals surface area (Å²) in [6.07, 6.45) is -6.37. The normalized spacial score (nSPS) is 16.7. The summed E-state index contributed by atoms with van der Waals surface area (Å²) in [7, 11) is 0. The average molecular weight is 597 g/mol. The van der Waals surface area contributed by atoms with E-state index in [1.165, 1.54) is 78.9 Å². The van der Waals surface area contributed by atoms with Crippen molar-refractivity contribution >= 4 is 29.4 Å². The molecule has 0 aromatic heterocycles. The molecule has 44 heavy (non-hydrogen) atoms. The molecule has 0 aliphatic heterocycles. The van der Waals surface area contributed by atoms with Gasteiger partial charge in [0.2, 0.25) is 28.6 Å². The Bertz CT molecular complexity index is 1660. The van der Waals surface area contributed by atoms with Crippen molar-refractivity contribution in [3.8, 4) is 0 Å². The lowest BCUT2D eigenvalue weighted by Gasteiger charge is -2.49. The summed E-state index contributed by atoms with van der Waals surface area (Å²) in [4.78, 5) is 68.2. The van der Waals surface area contributed by atoms with Crippen molar-refractivity contribution in [2.24, 2.45) is 0 Å². The zero-order chi connectivity index (χ0) is 32.1. The third-order valence-corrected chi connectivity index (χ3v) is 7.46. The highest BCUT2D eigenvalue weighted by molar-refractivity contribution is 6.23. The Morgan fingerprint density at radius 2 is 0.864 bits per heavy atom. The van der Waals surface area contributed by atoms with Gasteiger partial charge in [-0.1, -0.05) is 121 Å². The van der Waals surface area contributed by atoms with Crippen LogP contribution in [0.4, 0.5) is 0 Å². The maximum absolute atomic E-state index is 14.2. The van der Waals surface area contributed by atoms with Crippen molar-refractivity contribution in [2.45, 2.75) is 29.0 Å². The second kappa shape index (κ2) is 12.7. The Hall–Kier alpha value is -4.97. The zero-order valence-electron chi connectivity index (χ0n) is 23.1. The maximum atomic E-state index is 14.2. The average Bonchev–Trinajstić information content (AvgIpc) is 3.09. The van der Waals surface area contributed by atoms with Gasteiger partial charge >= 0.3 is 0 Å². The summed E-state index contributed by atoms with van der Waals surface area (Å²) in [5.74, 6) is -6.33. The molecule has 224 valence electrons. The minimum Gasteiger partial charge on any atom is -0.386 e. The fraction of sp³-hybridized carbons (Fsp3) is 0.147. The van der Waals surface area contributed by atoms with E-state index in [2.05, 4.69) is 0 Å². The van der Waals surface area contributed by atoms with Crippen LogP contribution in [0, 0.1) is 0 Å². The third kappa shape index (κ3) is 5.21. The molecule has 0 saturated heterocycles. The van der Waals surface area contributed by atoms with Crippen LogP contribution in [0.1, 0.15) is 41.4 Å². The van der Waals surface area contributed by atoms with Gasteiger partial charge in [-0.05, 0) is 0 Å². The van der Waals surface area contributed by atoms with E-state index in [1.54, 1.807) is 6.07 Å². The number of ketones is 4. The van der Waals surface area contributed by atoms with Crippen LogP contribution >= 0.6 is 0 Å². The first-order valence-corrected chi connectivity index (χ1v) is 13.3. The standard InChI is InChI=1S/C34H28O10/c35-21-32(42,28(38)23-15-7-2-8-16-23)34(44,30(40)25-19-11-4-12-20-25)33(43,29(39)24-17-9-3-10-18-24)31(41)27(37)26(36)22-13-5-1-6-14-22/h1-21,27,31,37,41-44H/t27?,31-,32-,33-,34-/m1/s1. The highest BCUT2D eigenvalue weighted by atomic mass is 16.4. The number of aliphatic hydroxyl groups excluding tert-OH is 2. The van der Waals surface area contributed by atoms with E-state index in [-0.39, 0.29) is 5.56 Å². The number of benzene rings is 4. The van der Waals surface area contributed by atoms with E-state index in [1.807, 2.05) is 0 Å². The van der Waals surface area contributed by atoms with Gasteiger partial charge in [0.25, 0.3) is 0 Å². The molecule has 5 atom stereocenters. The molecule has 0 spiro atoms. The fourth-order valence-electron chi connectivity index (χ4n) is 5.02. The number of aldehydes is 1. The molecule has 4 rings (SSSR count). The molecular weight excluding hydrogens is 568 g/mol. The summed E-state index contributed by atoms with van der Waals surface area (Å²) in [5, 5.41) is 59.2. The van der Waals surface area contributed by atoms with Gasteiger partial charge in [-0.15, -0.1) is 0 Å². The molecule has 0 aliphatic rings. The topological polar surface area (TPSA) is 186 Å². The van der Waals surface area contributed by atoms with Gasteiger partial charge in [0.1, 0.15) is 12.2 Å². The fourth-order valence-corrected chi connectivity index (χ4v) is 5.02. The SMILES string of the molecule is O=C[C@@](O)(C(=O)c1ccccc1)[C@](O)(C(=O)c1ccccc1)[C@@](O)(C(=O)c1ccccc1)[C@H](O)C(O)C(=O)c1ccccc1. The first kappa shape index (κ1) is 32.0. The van der Waals surface area contributed by atoms with Crippen LogP contribution in [-0.2, 0) is 4.79 Å². The van der Waals surface area contributed by atoms with Gasteiger partial charge in [0.15, 0.2) is 17.7 Å². The van der Waals surface area contributed by atoms with Crippen molar-refractivity contribution in [2.75, 3.05) is 0 Å². The van der Waals surface area contributed by atoms with Gasteiger partial charge in [-0.2, -0.15) is 0 Å². The summed E-state index contributed by atoms with van der Waals surface area (Å²) in [5.41, 5.74) is -14.0. The molecule has 10 heteroatoms. The second-order valence-corrected chi connectivity index (χ2v) is 10.1. The summed E-state index contributed by atoms with van der Waals surface area (Å²) in [6, 6.07) is 26.0. The molecule has 1 unspecified atom stereocenters. The molecule has 10 nitrogen and oxygen atoms in total.